The maximum Gasteiger partial charge on any atom is 0.408 e. The second kappa shape index (κ2) is 15.1. The summed E-state index contributed by atoms with van der Waals surface area (Å²) in [5, 5.41) is 4.24. The summed E-state index contributed by atoms with van der Waals surface area (Å²) in [4.78, 5) is 55.8. The number of hydrogen-bond acceptors (Lipinski definition) is 8. The van der Waals surface area contributed by atoms with Gasteiger partial charge in [0.15, 0.2) is 12.1 Å². The number of ether oxygens (including phenoxy) is 2. The SMILES string of the molecule is C=CCSC1=C(C(=O)OC(c2ccccc2)c2ccccc2)N2C(=O)[C@@H](NC(=O)C(NC(=O)OC(C)(C)C)c3ccccc3)[C@@H]2[S+]([O-])C1. The second-order valence-electron chi connectivity index (χ2n) is 12.1. The summed E-state index contributed by atoms with van der Waals surface area (Å²) in [5.41, 5.74) is 1.10. The molecule has 1 saturated heterocycles. The third kappa shape index (κ3) is 7.95. The van der Waals surface area contributed by atoms with Gasteiger partial charge in [0, 0.05) is 5.75 Å². The topological polar surface area (TPSA) is 137 Å². The van der Waals surface area contributed by atoms with E-state index < -0.39 is 64.2 Å². The number of nitrogens with one attached hydrogen (secondary N) is 2. The third-order valence-corrected chi connectivity index (χ3v) is 10.3. The number of fused-ring (bicyclic) bond motifs is 1. The maximum atomic E-state index is 14.1. The van der Waals surface area contributed by atoms with E-state index in [0.717, 1.165) is 11.1 Å². The van der Waals surface area contributed by atoms with Crippen molar-refractivity contribution < 1.29 is 33.2 Å². The van der Waals surface area contributed by atoms with E-state index in [4.69, 9.17) is 9.47 Å². The molecular formula is C36H37N3O7S2. The van der Waals surface area contributed by atoms with Gasteiger partial charge in [-0.15, -0.1) is 18.3 Å². The highest BCUT2D eigenvalue weighted by molar-refractivity contribution is 8.04. The number of esters is 1. The number of benzene rings is 3. The first-order valence-electron chi connectivity index (χ1n) is 15.3. The third-order valence-electron chi connectivity index (χ3n) is 7.44. The molecule has 0 radical (unpaired) electrons. The molecule has 4 atom stereocenters. The van der Waals surface area contributed by atoms with Crippen molar-refractivity contribution in [3.63, 3.8) is 0 Å². The molecule has 48 heavy (non-hydrogen) atoms. The van der Waals surface area contributed by atoms with Crippen LogP contribution in [0.2, 0.25) is 0 Å². The van der Waals surface area contributed by atoms with Crippen LogP contribution in [0.4, 0.5) is 4.79 Å². The van der Waals surface area contributed by atoms with Gasteiger partial charge < -0.3 is 24.7 Å². The van der Waals surface area contributed by atoms with Crippen molar-refractivity contribution in [3.8, 4) is 0 Å². The molecule has 250 valence electrons. The lowest BCUT2D eigenvalue weighted by atomic mass is 10.0. The van der Waals surface area contributed by atoms with Gasteiger partial charge >= 0.3 is 12.1 Å². The summed E-state index contributed by atoms with van der Waals surface area (Å²) in [6, 6.07) is 24.6. The Bertz CT molecular complexity index is 1640. The van der Waals surface area contributed by atoms with E-state index in [2.05, 4.69) is 17.2 Å². The fraction of sp³-hybridized carbons (Fsp3) is 0.278. The van der Waals surface area contributed by atoms with Crippen molar-refractivity contribution in [2.45, 2.75) is 49.9 Å². The van der Waals surface area contributed by atoms with E-state index >= 15 is 0 Å². The summed E-state index contributed by atoms with van der Waals surface area (Å²) >= 11 is -0.424. The first kappa shape index (κ1) is 34.8. The highest BCUT2D eigenvalue weighted by Crippen LogP contribution is 2.42. The van der Waals surface area contributed by atoms with Crippen LogP contribution in [0.1, 0.15) is 49.6 Å². The fourth-order valence-electron chi connectivity index (χ4n) is 5.36. The van der Waals surface area contributed by atoms with Crippen LogP contribution >= 0.6 is 11.8 Å². The minimum atomic E-state index is -1.68. The zero-order valence-electron chi connectivity index (χ0n) is 26.8. The first-order valence-corrected chi connectivity index (χ1v) is 17.7. The van der Waals surface area contributed by atoms with Crippen LogP contribution in [0.15, 0.2) is 114 Å². The molecule has 3 aromatic carbocycles. The number of carbonyl (C=O) groups excluding carboxylic acids is 4. The van der Waals surface area contributed by atoms with Crippen LogP contribution < -0.4 is 10.6 Å². The van der Waals surface area contributed by atoms with Crippen molar-refractivity contribution in [1.82, 2.24) is 15.5 Å². The molecule has 3 amide bonds. The number of carbonyl (C=O) groups is 4. The smallest absolute Gasteiger partial charge is 0.408 e. The fourth-order valence-corrected chi connectivity index (χ4v) is 8.18. The molecule has 0 bridgehead atoms. The van der Waals surface area contributed by atoms with Gasteiger partial charge in [0.1, 0.15) is 23.1 Å². The Balaban J connectivity index is 1.41. The minimum absolute atomic E-state index is 0.00898. The molecule has 5 rings (SSSR count). The van der Waals surface area contributed by atoms with Gasteiger partial charge in [0.25, 0.3) is 5.91 Å². The molecule has 2 N–H and O–H groups in total. The molecule has 2 unspecified atom stereocenters. The number of rotatable bonds is 11. The molecular weight excluding hydrogens is 651 g/mol. The molecule has 0 aromatic heterocycles. The lowest BCUT2D eigenvalue weighted by Crippen LogP contribution is -2.75. The van der Waals surface area contributed by atoms with Crippen molar-refractivity contribution in [1.29, 1.82) is 0 Å². The van der Waals surface area contributed by atoms with Crippen molar-refractivity contribution in [3.05, 3.63) is 131 Å². The number of hydrogen-bond donors (Lipinski definition) is 2. The molecule has 0 aliphatic carbocycles. The molecule has 0 saturated carbocycles. The molecule has 2 aliphatic rings. The van der Waals surface area contributed by atoms with Gasteiger partial charge in [0.05, 0.1) is 4.91 Å². The summed E-state index contributed by atoms with van der Waals surface area (Å²) in [7, 11) is 0. The Morgan fingerprint density at radius 1 is 0.979 bits per heavy atom. The zero-order valence-corrected chi connectivity index (χ0v) is 28.4. The molecule has 0 spiro atoms. The standard InChI is InChI=1S/C36H37N3O7S2/c1-5-21-47-26-22-48(44)33-28(37-31(40)27(23-15-9-6-10-16-23)38-35(43)46-36(2,3)4)32(41)39(33)29(26)34(42)45-30(24-17-11-7-12-18-24)25-19-13-8-14-20-25/h5-20,27-28,30,33H,1,21-22H2,2-4H3,(H,37,40)(H,38,43)/t27?,28-,33+,48?/m1/s1. The molecule has 3 aromatic rings. The van der Waals surface area contributed by atoms with Crippen LogP contribution in [0.25, 0.3) is 0 Å². The summed E-state index contributed by atoms with van der Waals surface area (Å²) in [5.74, 6) is -1.69. The Kier molecular flexibility index (Phi) is 11.0. The van der Waals surface area contributed by atoms with Crippen molar-refractivity contribution in [2.75, 3.05) is 11.5 Å². The lowest BCUT2D eigenvalue weighted by Gasteiger charge is -2.49. The van der Waals surface area contributed by atoms with Gasteiger partial charge in [-0.2, -0.15) is 0 Å². The highest BCUT2D eigenvalue weighted by atomic mass is 32.2. The van der Waals surface area contributed by atoms with E-state index in [1.54, 1.807) is 57.2 Å². The van der Waals surface area contributed by atoms with Crippen LogP contribution in [0.5, 0.6) is 0 Å². The van der Waals surface area contributed by atoms with Gasteiger partial charge in [-0.3, -0.25) is 14.5 Å². The van der Waals surface area contributed by atoms with Gasteiger partial charge in [0.2, 0.25) is 11.3 Å². The Labute approximate surface area is 287 Å². The average molecular weight is 688 g/mol. The highest BCUT2D eigenvalue weighted by Gasteiger charge is 2.61. The first-order chi connectivity index (χ1) is 23.0. The summed E-state index contributed by atoms with van der Waals surface area (Å²) in [6.07, 6.45) is 0.0493. The number of thioether (sulfide) groups is 1. The zero-order chi connectivity index (χ0) is 34.4. The van der Waals surface area contributed by atoms with E-state index in [9.17, 15) is 23.7 Å². The van der Waals surface area contributed by atoms with Crippen molar-refractivity contribution in [2.24, 2.45) is 0 Å². The minimum Gasteiger partial charge on any atom is -0.614 e. The van der Waals surface area contributed by atoms with Gasteiger partial charge in [-0.05, 0) is 48.6 Å². The van der Waals surface area contributed by atoms with E-state index in [1.165, 1.54) is 16.7 Å². The molecule has 12 heteroatoms. The molecule has 2 aliphatic heterocycles. The predicted molar refractivity (Wildman–Crippen MR) is 185 cm³/mol. The number of β-lactam (4-membered cyclic amide) rings is 1. The largest absolute Gasteiger partial charge is 0.614 e. The monoisotopic (exact) mass is 687 g/mol. The quantitative estimate of drug-likeness (QED) is 0.123. The van der Waals surface area contributed by atoms with Gasteiger partial charge in [-0.25, -0.2) is 9.59 Å². The number of alkyl carbamates (subject to hydrolysis) is 1. The Hall–Kier alpha value is -4.52. The number of nitrogens with zero attached hydrogens (tertiary/aromatic N) is 1. The average Bonchev–Trinajstić information content (AvgIpc) is 3.07. The predicted octanol–water partition coefficient (Wildman–Crippen LogP) is 5.13. The van der Waals surface area contributed by atoms with Crippen LogP contribution in [-0.2, 0) is 35.0 Å². The Morgan fingerprint density at radius 3 is 2.04 bits per heavy atom. The maximum absolute atomic E-state index is 14.1. The van der Waals surface area contributed by atoms with Gasteiger partial charge in [-0.1, -0.05) is 97.1 Å². The van der Waals surface area contributed by atoms with Crippen LogP contribution in [0.3, 0.4) is 0 Å². The van der Waals surface area contributed by atoms with Crippen LogP contribution in [0, 0.1) is 0 Å². The molecule has 1 fully saturated rings. The van der Waals surface area contributed by atoms with Crippen LogP contribution in [-0.4, -0.2) is 61.9 Å². The molecule has 10 nitrogen and oxygen atoms in total. The van der Waals surface area contributed by atoms with E-state index in [-0.39, 0.29) is 11.4 Å². The van der Waals surface area contributed by atoms with Crippen molar-refractivity contribution >= 4 is 46.8 Å². The van der Waals surface area contributed by atoms with E-state index in [1.807, 2.05) is 60.7 Å². The molecule has 2 heterocycles. The summed E-state index contributed by atoms with van der Waals surface area (Å²) < 4.78 is 25.1. The summed E-state index contributed by atoms with van der Waals surface area (Å²) in [6.45, 7) is 8.84. The Morgan fingerprint density at radius 2 is 1.52 bits per heavy atom. The van der Waals surface area contributed by atoms with E-state index in [0.29, 0.717) is 16.2 Å². The lowest BCUT2D eigenvalue weighted by molar-refractivity contribution is -0.155. The normalized spacial score (nSPS) is 19.5. The second-order valence-corrected chi connectivity index (χ2v) is 14.7. The number of amides is 3.